The van der Waals surface area contributed by atoms with Crippen molar-refractivity contribution in [3.63, 3.8) is 0 Å². The summed E-state index contributed by atoms with van der Waals surface area (Å²) in [6, 6.07) is 17.5. The van der Waals surface area contributed by atoms with Gasteiger partial charge in [-0.2, -0.15) is 8.42 Å². The van der Waals surface area contributed by atoms with E-state index in [4.69, 9.17) is 4.74 Å². The van der Waals surface area contributed by atoms with Gasteiger partial charge >= 0.3 is 16.2 Å². The zero-order valence-corrected chi connectivity index (χ0v) is 21.0. The van der Waals surface area contributed by atoms with E-state index in [0.717, 1.165) is 33.2 Å². The number of hydrogen-bond donors (Lipinski definition) is 2. The molecular formula is C27H32N2O5S. The van der Waals surface area contributed by atoms with Crippen LogP contribution in [0.15, 0.2) is 54.6 Å². The normalized spacial score (nSPS) is 14.3. The predicted octanol–water partition coefficient (Wildman–Crippen LogP) is 4.99. The van der Waals surface area contributed by atoms with Gasteiger partial charge in [0.1, 0.15) is 5.75 Å². The molecule has 0 aliphatic heterocycles. The van der Waals surface area contributed by atoms with E-state index in [-0.39, 0.29) is 6.42 Å². The molecule has 8 heteroatoms. The van der Waals surface area contributed by atoms with Gasteiger partial charge in [-0.25, -0.2) is 4.72 Å². The largest absolute Gasteiger partial charge is 0.492 e. The molecule has 1 aliphatic rings. The van der Waals surface area contributed by atoms with Crippen molar-refractivity contribution in [3.05, 3.63) is 60.2 Å². The number of carboxylic acid groups (broad SMARTS) is 1. The zero-order valence-electron chi connectivity index (χ0n) is 20.2. The predicted molar refractivity (Wildman–Crippen MR) is 139 cm³/mol. The molecule has 2 N–H and O–H groups in total. The lowest BCUT2D eigenvalue weighted by Gasteiger charge is -2.20. The van der Waals surface area contributed by atoms with Crippen LogP contribution in [0.5, 0.6) is 5.75 Å². The number of ether oxygens (including phenoxy) is 1. The molecule has 0 heterocycles. The summed E-state index contributed by atoms with van der Waals surface area (Å²) in [6.07, 6.45) is 5.27. The lowest BCUT2D eigenvalue weighted by molar-refractivity contribution is -0.136. The fourth-order valence-electron chi connectivity index (χ4n) is 4.67. The molecule has 1 fully saturated rings. The fourth-order valence-corrected chi connectivity index (χ4v) is 5.34. The maximum atomic E-state index is 12.2. The summed E-state index contributed by atoms with van der Waals surface area (Å²) < 4.78 is 34.2. The average molecular weight is 497 g/mol. The Labute approximate surface area is 206 Å². The Bertz CT molecular complexity index is 1320. The number of nitrogens with one attached hydrogen (secondary N) is 1. The molecule has 0 unspecified atom stereocenters. The first-order chi connectivity index (χ1) is 16.8. The van der Waals surface area contributed by atoms with Gasteiger partial charge in [-0.15, -0.1) is 0 Å². The van der Waals surface area contributed by atoms with Crippen LogP contribution in [0.4, 0.5) is 5.69 Å². The molecule has 0 saturated heterocycles. The number of hydrogen-bond acceptors (Lipinski definition) is 4. The second-order valence-corrected chi connectivity index (χ2v) is 11.0. The van der Waals surface area contributed by atoms with E-state index < -0.39 is 16.2 Å². The average Bonchev–Trinajstić information content (AvgIpc) is 3.39. The minimum Gasteiger partial charge on any atom is -0.492 e. The third-order valence-corrected chi connectivity index (χ3v) is 8.21. The smallest absolute Gasteiger partial charge is 0.303 e. The maximum Gasteiger partial charge on any atom is 0.303 e. The molecule has 4 rings (SSSR count). The molecule has 0 aromatic heterocycles. The molecule has 3 aromatic rings. The second kappa shape index (κ2) is 10.7. The van der Waals surface area contributed by atoms with E-state index in [2.05, 4.69) is 10.8 Å². The Balaban J connectivity index is 1.69. The summed E-state index contributed by atoms with van der Waals surface area (Å²) in [5.41, 5.74) is 3.37. The van der Waals surface area contributed by atoms with E-state index in [0.29, 0.717) is 24.6 Å². The minimum atomic E-state index is -3.58. The van der Waals surface area contributed by atoms with Gasteiger partial charge in [-0.1, -0.05) is 49.2 Å². The summed E-state index contributed by atoms with van der Waals surface area (Å²) in [7, 11) is -0.685. The number of carbonyl (C=O) groups is 1. The topological polar surface area (TPSA) is 95.9 Å². The van der Waals surface area contributed by atoms with Gasteiger partial charge in [0.25, 0.3) is 0 Å². The first-order valence-electron chi connectivity index (χ1n) is 12.0. The van der Waals surface area contributed by atoms with Crippen molar-refractivity contribution in [2.24, 2.45) is 5.92 Å². The number of rotatable bonds is 10. The number of fused-ring (bicyclic) bond motifs is 1. The van der Waals surface area contributed by atoms with E-state index >= 15 is 0 Å². The SMILES string of the molecule is CNS(=O)(=O)N(C)c1ccc2cc(-c3cccc(CCC(=O)O)c3OCC3CCCC3)ccc2c1. The van der Waals surface area contributed by atoms with Crippen LogP contribution >= 0.6 is 0 Å². The number of carboxylic acids is 1. The first-order valence-corrected chi connectivity index (χ1v) is 13.4. The second-order valence-electron chi connectivity index (χ2n) is 9.07. The van der Waals surface area contributed by atoms with Gasteiger partial charge in [0, 0.05) is 26.1 Å². The van der Waals surface area contributed by atoms with Crippen LogP contribution in [0.1, 0.15) is 37.7 Å². The quantitative estimate of drug-likeness (QED) is 0.412. The molecule has 186 valence electrons. The third-order valence-electron chi connectivity index (χ3n) is 6.76. The number of aliphatic carboxylic acids is 1. The lowest BCUT2D eigenvalue weighted by atomic mass is 9.96. The van der Waals surface area contributed by atoms with Crippen LogP contribution in [-0.4, -0.2) is 40.2 Å². The van der Waals surface area contributed by atoms with Crippen molar-refractivity contribution in [1.29, 1.82) is 0 Å². The molecule has 0 amide bonds. The Kier molecular flexibility index (Phi) is 7.62. The van der Waals surface area contributed by atoms with Crippen LogP contribution in [0, 0.1) is 5.92 Å². The number of benzene rings is 3. The first kappa shape index (κ1) is 25.0. The number of aryl methyl sites for hydroxylation is 1. The highest BCUT2D eigenvalue weighted by Gasteiger charge is 2.20. The molecule has 0 radical (unpaired) electrons. The van der Waals surface area contributed by atoms with Crippen LogP contribution in [0.25, 0.3) is 21.9 Å². The van der Waals surface area contributed by atoms with Gasteiger partial charge in [0.15, 0.2) is 0 Å². The molecule has 1 saturated carbocycles. The summed E-state index contributed by atoms with van der Waals surface area (Å²) in [5, 5.41) is 11.1. The van der Waals surface area contributed by atoms with Crippen LogP contribution in [0.3, 0.4) is 0 Å². The van der Waals surface area contributed by atoms with E-state index in [9.17, 15) is 18.3 Å². The van der Waals surface area contributed by atoms with Crippen LogP contribution in [0.2, 0.25) is 0 Å². The molecule has 0 atom stereocenters. The number of anilines is 1. The molecule has 0 spiro atoms. The van der Waals surface area contributed by atoms with E-state index in [1.165, 1.54) is 44.1 Å². The summed E-state index contributed by atoms with van der Waals surface area (Å²) in [6.45, 7) is 0.639. The molecular weight excluding hydrogens is 464 g/mol. The van der Waals surface area contributed by atoms with Crippen molar-refractivity contribution >= 4 is 32.6 Å². The highest BCUT2D eigenvalue weighted by atomic mass is 32.2. The zero-order chi connectivity index (χ0) is 25.0. The van der Waals surface area contributed by atoms with Crippen molar-refractivity contribution < 1.29 is 23.1 Å². The van der Waals surface area contributed by atoms with Gasteiger partial charge in [0.2, 0.25) is 0 Å². The summed E-state index contributed by atoms with van der Waals surface area (Å²) >= 11 is 0. The van der Waals surface area contributed by atoms with Crippen LogP contribution in [-0.2, 0) is 21.4 Å². The van der Waals surface area contributed by atoms with Crippen molar-refractivity contribution in [1.82, 2.24) is 4.72 Å². The Hall–Kier alpha value is -3.10. The standard InChI is InChI=1S/C27H32N2O5S/c1-28-35(32,33)29(2)24-14-12-21-16-23(11-10-22(21)17-24)25-9-5-8-20(13-15-26(30)31)27(25)34-18-19-6-3-4-7-19/h5,8-12,14,16-17,19,28H,3-4,6-7,13,15,18H2,1-2H3,(H,30,31). The summed E-state index contributed by atoms with van der Waals surface area (Å²) in [5.74, 6) is 0.469. The maximum absolute atomic E-state index is 12.2. The minimum absolute atomic E-state index is 0.0484. The van der Waals surface area contributed by atoms with Crippen LogP contribution < -0.4 is 13.8 Å². The van der Waals surface area contributed by atoms with E-state index in [1.807, 2.05) is 42.5 Å². The molecule has 7 nitrogen and oxygen atoms in total. The van der Waals surface area contributed by atoms with Gasteiger partial charge in [-0.05, 0) is 65.3 Å². The van der Waals surface area contributed by atoms with E-state index in [1.54, 1.807) is 6.07 Å². The summed E-state index contributed by atoms with van der Waals surface area (Å²) in [4.78, 5) is 11.2. The van der Waals surface area contributed by atoms with Gasteiger partial charge in [0.05, 0.1) is 12.3 Å². The molecule has 1 aliphatic carbocycles. The Morgan fingerprint density at radius 2 is 1.80 bits per heavy atom. The molecule has 35 heavy (non-hydrogen) atoms. The van der Waals surface area contributed by atoms with Gasteiger partial charge < -0.3 is 9.84 Å². The van der Waals surface area contributed by atoms with Crippen molar-refractivity contribution in [3.8, 4) is 16.9 Å². The highest BCUT2D eigenvalue weighted by Crippen LogP contribution is 2.37. The van der Waals surface area contributed by atoms with Crippen molar-refractivity contribution in [2.45, 2.75) is 38.5 Å². The fraction of sp³-hybridized carbons (Fsp3) is 0.370. The molecule has 0 bridgehead atoms. The third kappa shape index (κ3) is 5.77. The van der Waals surface area contributed by atoms with Gasteiger partial charge in [-0.3, -0.25) is 9.10 Å². The Morgan fingerprint density at radius 1 is 1.09 bits per heavy atom. The highest BCUT2D eigenvalue weighted by molar-refractivity contribution is 7.90. The Morgan fingerprint density at radius 3 is 2.51 bits per heavy atom. The number of nitrogens with zero attached hydrogens (tertiary/aromatic N) is 1. The number of para-hydroxylation sites is 1. The molecule has 3 aromatic carbocycles. The monoisotopic (exact) mass is 496 g/mol. The van der Waals surface area contributed by atoms with Crippen molar-refractivity contribution in [2.75, 3.05) is 25.0 Å². The lowest BCUT2D eigenvalue weighted by Crippen LogP contribution is -2.35.